The van der Waals surface area contributed by atoms with Crippen LogP contribution < -0.4 is 25.4 Å². The standard InChI is InChI=1S/C22H29N5O3/c1-23-21(25-18-9-10-19(29-2)20(14-18)30-3)24-15-16-7-6-8-17(13-16)26-22(28)27-11-4-5-12-27/h6-10,13-14H,4-5,11-12,15H2,1-3H3,(H,26,28)(H2,23,24,25). The molecule has 8 nitrogen and oxygen atoms in total. The Morgan fingerprint density at radius 2 is 1.73 bits per heavy atom. The van der Waals surface area contributed by atoms with Crippen molar-refractivity contribution < 1.29 is 14.3 Å². The molecule has 30 heavy (non-hydrogen) atoms. The van der Waals surface area contributed by atoms with Gasteiger partial charge in [-0.15, -0.1) is 0 Å². The van der Waals surface area contributed by atoms with E-state index in [-0.39, 0.29) is 6.03 Å². The SMILES string of the molecule is CN=C(NCc1cccc(NC(=O)N2CCCC2)c1)Nc1ccc(OC)c(OC)c1. The number of ether oxygens (including phenoxy) is 2. The summed E-state index contributed by atoms with van der Waals surface area (Å²) in [4.78, 5) is 18.4. The van der Waals surface area contributed by atoms with Crippen LogP contribution in [0.1, 0.15) is 18.4 Å². The van der Waals surface area contributed by atoms with E-state index in [1.165, 1.54) is 0 Å². The number of hydrogen-bond acceptors (Lipinski definition) is 4. The Hall–Kier alpha value is -3.42. The van der Waals surface area contributed by atoms with E-state index in [1.807, 2.05) is 47.4 Å². The van der Waals surface area contributed by atoms with Crippen molar-refractivity contribution in [2.45, 2.75) is 19.4 Å². The highest BCUT2D eigenvalue weighted by molar-refractivity contribution is 5.94. The maximum absolute atomic E-state index is 12.3. The molecule has 160 valence electrons. The minimum atomic E-state index is -0.0384. The zero-order valence-electron chi connectivity index (χ0n) is 17.7. The summed E-state index contributed by atoms with van der Waals surface area (Å²) in [7, 11) is 4.92. The van der Waals surface area contributed by atoms with Gasteiger partial charge in [0.05, 0.1) is 14.2 Å². The predicted molar refractivity (Wildman–Crippen MR) is 120 cm³/mol. The van der Waals surface area contributed by atoms with Gasteiger partial charge in [-0.1, -0.05) is 12.1 Å². The number of rotatable bonds is 6. The van der Waals surface area contributed by atoms with Crippen molar-refractivity contribution in [2.24, 2.45) is 4.99 Å². The number of amides is 2. The van der Waals surface area contributed by atoms with Gasteiger partial charge in [0.15, 0.2) is 17.5 Å². The summed E-state index contributed by atoms with van der Waals surface area (Å²) < 4.78 is 10.6. The van der Waals surface area contributed by atoms with E-state index < -0.39 is 0 Å². The third-order valence-corrected chi connectivity index (χ3v) is 4.90. The predicted octanol–water partition coefficient (Wildman–Crippen LogP) is 3.52. The van der Waals surface area contributed by atoms with Crippen LogP contribution in [-0.2, 0) is 6.54 Å². The number of carbonyl (C=O) groups excluding carboxylic acids is 1. The molecule has 1 saturated heterocycles. The lowest BCUT2D eigenvalue weighted by Crippen LogP contribution is -2.32. The Balaban J connectivity index is 1.58. The highest BCUT2D eigenvalue weighted by atomic mass is 16.5. The Bertz CT molecular complexity index is 894. The fourth-order valence-corrected chi connectivity index (χ4v) is 3.30. The molecule has 0 bridgehead atoms. The van der Waals surface area contributed by atoms with Crippen molar-refractivity contribution in [3.63, 3.8) is 0 Å². The Morgan fingerprint density at radius 1 is 1.00 bits per heavy atom. The fraction of sp³-hybridized carbons (Fsp3) is 0.364. The monoisotopic (exact) mass is 411 g/mol. The molecule has 3 N–H and O–H groups in total. The number of anilines is 2. The molecule has 3 rings (SSSR count). The molecule has 1 aliphatic heterocycles. The molecular formula is C22H29N5O3. The number of guanidine groups is 1. The topological polar surface area (TPSA) is 87.2 Å². The zero-order chi connectivity index (χ0) is 21.3. The summed E-state index contributed by atoms with van der Waals surface area (Å²) >= 11 is 0. The number of urea groups is 1. The van der Waals surface area contributed by atoms with Crippen LogP contribution in [0.15, 0.2) is 47.5 Å². The molecule has 2 aromatic carbocycles. The first kappa shape index (κ1) is 21.3. The van der Waals surface area contributed by atoms with Gasteiger partial charge in [0.25, 0.3) is 0 Å². The highest BCUT2D eigenvalue weighted by Gasteiger charge is 2.17. The van der Waals surface area contributed by atoms with Gasteiger partial charge in [-0.2, -0.15) is 0 Å². The van der Waals surface area contributed by atoms with E-state index in [9.17, 15) is 4.79 Å². The van der Waals surface area contributed by atoms with E-state index in [0.29, 0.717) is 24.0 Å². The lowest BCUT2D eigenvalue weighted by atomic mass is 10.2. The minimum Gasteiger partial charge on any atom is -0.493 e. The molecular weight excluding hydrogens is 382 g/mol. The first-order valence-corrected chi connectivity index (χ1v) is 9.97. The van der Waals surface area contributed by atoms with Crippen LogP contribution in [0.4, 0.5) is 16.2 Å². The van der Waals surface area contributed by atoms with Crippen LogP contribution in [0.5, 0.6) is 11.5 Å². The quantitative estimate of drug-likeness (QED) is 0.500. The second kappa shape index (κ2) is 10.4. The lowest BCUT2D eigenvalue weighted by Gasteiger charge is -2.17. The maximum Gasteiger partial charge on any atom is 0.321 e. The van der Waals surface area contributed by atoms with Gasteiger partial charge >= 0.3 is 6.03 Å². The molecule has 0 radical (unpaired) electrons. The average molecular weight is 412 g/mol. The van der Waals surface area contributed by atoms with Crippen LogP contribution in [0, 0.1) is 0 Å². The molecule has 8 heteroatoms. The van der Waals surface area contributed by atoms with Gasteiger partial charge in [-0.05, 0) is 42.7 Å². The fourth-order valence-electron chi connectivity index (χ4n) is 3.30. The van der Waals surface area contributed by atoms with Crippen molar-refractivity contribution in [1.29, 1.82) is 0 Å². The van der Waals surface area contributed by atoms with Crippen LogP contribution in [-0.4, -0.2) is 51.2 Å². The Kier molecular flexibility index (Phi) is 7.37. The summed E-state index contributed by atoms with van der Waals surface area (Å²) in [6.45, 7) is 2.21. The van der Waals surface area contributed by atoms with Gasteiger partial charge in [0.2, 0.25) is 0 Å². The van der Waals surface area contributed by atoms with Crippen molar-refractivity contribution in [2.75, 3.05) is 45.0 Å². The minimum absolute atomic E-state index is 0.0384. The molecule has 0 saturated carbocycles. The molecule has 0 aliphatic carbocycles. The summed E-state index contributed by atoms with van der Waals surface area (Å²) in [5, 5.41) is 9.49. The lowest BCUT2D eigenvalue weighted by molar-refractivity contribution is 0.222. The molecule has 1 heterocycles. The van der Waals surface area contributed by atoms with Crippen LogP contribution in [0.25, 0.3) is 0 Å². The molecule has 0 unspecified atom stereocenters. The summed E-state index contributed by atoms with van der Waals surface area (Å²) in [6.07, 6.45) is 2.15. The van der Waals surface area contributed by atoms with Crippen LogP contribution in [0.2, 0.25) is 0 Å². The largest absolute Gasteiger partial charge is 0.493 e. The normalized spacial score (nSPS) is 13.7. The molecule has 1 aliphatic rings. The molecule has 2 aromatic rings. The number of aliphatic imine (C=N–C) groups is 1. The second-order valence-electron chi connectivity index (χ2n) is 6.95. The number of nitrogens with zero attached hydrogens (tertiary/aromatic N) is 2. The number of likely N-dealkylation sites (tertiary alicyclic amines) is 1. The third-order valence-electron chi connectivity index (χ3n) is 4.90. The van der Waals surface area contributed by atoms with Gasteiger partial charge in [-0.3, -0.25) is 4.99 Å². The highest BCUT2D eigenvalue weighted by Crippen LogP contribution is 2.29. The number of methoxy groups -OCH3 is 2. The number of nitrogens with one attached hydrogen (secondary N) is 3. The van der Waals surface area contributed by atoms with Gasteiger partial charge in [-0.25, -0.2) is 4.79 Å². The number of carbonyl (C=O) groups is 1. The third kappa shape index (κ3) is 5.56. The Labute approximate surface area is 177 Å². The average Bonchev–Trinajstić information content (AvgIpc) is 3.32. The summed E-state index contributed by atoms with van der Waals surface area (Å²) in [5.41, 5.74) is 2.64. The van der Waals surface area contributed by atoms with E-state index in [2.05, 4.69) is 20.9 Å². The smallest absolute Gasteiger partial charge is 0.321 e. The summed E-state index contributed by atoms with van der Waals surface area (Å²) in [6, 6.07) is 13.3. The molecule has 0 aromatic heterocycles. The second-order valence-corrected chi connectivity index (χ2v) is 6.95. The van der Waals surface area contributed by atoms with Crippen molar-refractivity contribution in [3.8, 4) is 11.5 Å². The Morgan fingerprint density at radius 3 is 2.43 bits per heavy atom. The van der Waals surface area contributed by atoms with E-state index in [4.69, 9.17) is 9.47 Å². The van der Waals surface area contributed by atoms with E-state index in [1.54, 1.807) is 21.3 Å². The van der Waals surface area contributed by atoms with Crippen LogP contribution >= 0.6 is 0 Å². The number of hydrogen-bond donors (Lipinski definition) is 3. The van der Waals surface area contributed by atoms with Crippen LogP contribution in [0.3, 0.4) is 0 Å². The van der Waals surface area contributed by atoms with Crippen molar-refractivity contribution >= 4 is 23.4 Å². The maximum atomic E-state index is 12.3. The zero-order valence-corrected chi connectivity index (χ0v) is 17.7. The van der Waals surface area contributed by atoms with E-state index >= 15 is 0 Å². The summed E-state index contributed by atoms with van der Waals surface area (Å²) in [5.74, 6) is 1.92. The first-order valence-electron chi connectivity index (χ1n) is 9.97. The first-order chi connectivity index (χ1) is 14.6. The van der Waals surface area contributed by atoms with E-state index in [0.717, 1.165) is 42.9 Å². The van der Waals surface area contributed by atoms with Crippen molar-refractivity contribution in [1.82, 2.24) is 10.2 Å². The van der Waals surface area contributed by atoms with Crippen molar-refractivity contribution in [3.05, 3.63) is 48.0 Å². The molecule has 0 atom stereocenters. The molecule has 1 fully saturated rings. The molecule has 2 amide bonds. The number of benzene rings is 2. The van der Waals surface area contributed by atoms with Gasteiger partial charge in [0, 0.05) is 44.1 Å². The van der Waals surface area contributed by atoms with Gasteiger partial charge < -0.3 is 30.3 Å². The molecule has 0 spiro atoms. The van der Waals surface area contributed by atoms with Gasteiger partial charge in [0.1, 0.15) is 0 Å².